The summed E-state index contributed by atoms with van der Waals surface area (Å²) in [6.45, 7) is 5.54. The molecule has 1 atom stereocenters. The molecule has 8 rings (SSSR count). The number of likely N-dealkylation sites (tertiary alicyclic amines) is 1. The molecule has 3 N–H and O–H groups in total. The summed E-state index contributed by atoms with van der Waals surface area (Å²) >= 11 is 0. The van der Waals surface area contributed by atoms with Gasteiger partial charge >= 0.3 is 11.9 Å². The molecule has 0 radical (unpaired) electrons. The van der Waals surface area contributed by atoms with Gasteiger partial charge in [0, 0.05) is 55.9 Å². The van der Waals surface area contributed by atoms with E-state index >= 15 is 0 Å². The second kappa shape index (κ2) is 14.4. The summed E-state index contributed by atoms with van der Waals surface area (Å²) in [5.41, 5.74) is -0.858. The molecule has 17 heteroatoms. The van der Waals surface area contributed by atoms with Gasteiger partial charge in [-0.05, 0) is 88.3 Å². The summed E-state index contributed by atoms with van der Waals surface area (Å²) in [6.07, 6.45) is 1.40. The van der Waals surface area contributed by atoms with E-state index in [2.05, 4.69) is 20.5 Å². The lowest BCUT2D eigenvalue weighted by Gasteiger charge is -2.42. The molecule has 3 aliphatic rings. The van der Waals surface area contributed by atoms with E-state index in [1.807, 2.05) is 23.0 Å². The molecule has 1 unspecified atom stereocenters. The van der Waals surface area contributed by atoms with Crippen LogP contribution in [0, 0.1) is 5.92 Å². The maximum absolute atomic E-state index is 13.3. The van der Waals surface area contributed by atoms with Gasteiger partial charge < -0.3 is 15.2 Å². The van der Waals surface area contributed by atoms with Gasteiger partial charge in [0.05, 0.1) is 22.7 Å². The number of hydrogen-bond acceptors (Lipinski definition) is 9. The number of hydrogen-bond donors (Lipinski definition) is 3. The Bertz CT molecular complexity index is 2450. The van der Waals surface area contributed by atoms with Crippen molar-refractivity contribution in [2.75, 3.05) is 25.0 Å². The number of fused-ring (bicyclic) bond motifs is 2. The number of aromatic nitrogens is 5. The van der Waals surface area contributed by atoms with Crippen molar-refractivity contribution in [3.8, 4) is 5.75 Å². The molecule has 3 fully saturated rings. The highest BCUT2D eigenvalue weighted by atomic mass is 19.4. The summed E-state index contributed by atoms with van der Waals surface area (Å²) in [4.78, 5) is 56.5. The van der Waals surface area contributed by atoms with E-state index < -0.39 is 41.0 Å². The summed E-state index contributed by atoms with van der Waals surface area (Å²) < 4.78 is 51.0. The number of rotatable bonds is 9. The number of imidazole rings is 1. The number of carbonyl (C=O) groups is 3. The first-order chi connectivity index (χ1) is 27.0. The number of amides is 3. The Morgan fingerprint density at radius 2 is 1.75 bits per heavy atom. The van der Waals surface area contributed by atoms with E-state index in [1.54, 1.807) is 39.1 Å². The Morgan fingerprint density at radius 3 is 2.46 bits per heavy atom. The highest BCUT2D eigenvalue weighted by Crippen LogP contribution is 2.37. The van der Waals surface area contributed by atoms with Gasteiger partial charge in [0.25, 0.3) is 5.91 Å². The first-order valence-corrected chi connectivity index (χ1v) is 19.1. The van der Waals surface area contributed by atoms with Crippen LogP contribution in [0.25, 0.3) is 21.9 Å². The SMILES string of the molecule is Cn1c(=O)n(C2CCC(=O)NC2=O)c2cccc(OC3CN(C[C@H]4CC[C@H](n5cc6cc(NC(=O)c7cccc(C(F)(F)F)n7)c(C(C)(C)O)cc6n5)CC4)C3)c21. The van der Waals surface area contributed by atoms with Crippen LogP contribution >= 0.6 is 0 Å². The van der Waals surface area contributed by atoms with E-state index in [9.17, 15) is 37.5 Å². The Morgan fingerprint density at radius 1 is 1.02 bits per heavy atom. The summed E-state index contributed by atoms with van der Waals surface area (Å²) in [5.74, 6) is -0.583. The molecule has 1 saturated carbocycles. The summed E-state index contributed by atoms with van der Waals surface area (Å²) in [6, 6.07) is 11.3. The predicted molar refractivity (Wildman–Crippen MR) is 203 cm³/mol. The molecule has 5 aromatic rings. The molecule has 2 aliphatic heterocycles. The quantitative estimate of drug-likeness (QED) is 0.173. The standard InChI is InChI=1S/C40H43F3N8O6/c1-39(2,56)26-17-28-23(16-29(26)45-36(53)27-6-4-9-33(44-27)40(41,42)43)19-50(47-28)24-12-10-22(11-13-24)18-49-20-25(21-49)57-32-8-5-7-30-35(32)48(3)38(55)51(30)31-14-15-34(52)46-37(31)54/h4-9,16-17,19,22,24-25,31,56H,10-15,18,20-21H2,1-3H3,(H,45,53)(H,46,52,54)/t22-,24-,31?. The molecule has 300 valence electrons. The number of aryl methyl sites for hydroxylation is 1. The van der Waals surface area contributed by atoms with Crippen molar-refractivity contribution >= 4 is 45.3 Å². The van der Waals surface area contributed by atoms with Crippen LogP contribution in [0.1, 0.15) is 86.2 Å². The third-order valence-electron chi connectivity index (χ3n) is 11.4. The first kappa shape index (κ1) is 38.3. The van der Waals surface area contributed by atoms with E-state index in [4.69, 9.17) is 9.84 Å². The van der Waals surface area contributed by atoms with Gasteiger partial charge in [0.2, 0.25) is 11.8 Å². The maximum atomic E-state index is 13.3. The van der Waals surface area contributed by atoms with Crippen molar-refractivity contribution in [2.45, 2.75) is 82.3 Å². The number of carbonyl (C=O) groups excluding carboxylic acids is 3. The average Bonchev–Trinajstić information content (AvgIpc) is 3.67. The van der Waals surface area contributed by atoms with Crippen molar-refractivity contribution in [1.82, 2.24) is 34.1 Å². The Kier molecular flexibility index (Phi) is 9.71. The zero-order chi connectivity index (χ0) is 40.4. The number of nitrogens with zero attached hydrogens (tertiary/aromatic N) is 6. The molecule has 0 bridgehead atoms. The minimum Gasteiger partial charge on any atom is -0.485 e. The van der Waals surface area contributed by atoms with Crippen LogP contribution in [0.3, 0.4) is 0 Å². The van der Waals surface area contributed by atoms with Crippen molar-refractivity contribution in [2.24, 2.45) is 13.0 Å². The smallest absolute Gasteiger partial charge is 0.433 e. The third-order valence-corrected chi connectivity index (χ3v) is 11.4. The van der Waals surface area contributed by atoms with Gasteiger partial charge in [-0.25, -0.2) is 9.78 Å². The molecule has 1 aliphatic carbocycles. The third kappa shape index (κ3) is 7.53. The number of benzene rings is 2. The number of pyridine rings is 1. The molecule has 3 amide bonds. The molecule has 5 heterocycles. The number of imide groups is 1. The maximum Gasteiger partial charge on any atom is 0.433 e. The van der Waals surface area contributed by atoms with Crippen LogP contribution < -0.4 is 21.1 Å². The fourth-order valence-electron chi connectivity index (χ4n) is 8.40. The topological polar surface area (TPSA) is 166 Å². The predicted octanol–water partition coefficient (Wildman–Crippen LogP) is 5.06. The Balaban J connectivity index is 0.881. The van der Waals surface area contributed by atoms with E-state index in [1.165, 1.54) is 15.2 Å². The van der Waals surface area contributed by atoms with Crippen LogP contribution in [0.15, 0.2) is 59.5 Å². The van der Waals surface area contributed by atoms with Crippen molar-refractivity contribution in [3.63, 3.8) is 0 Å². The van der Waals surface area contributed by atoms with Crippen molar-refractivity contribution in [1.29, 1.82) is 0 Å². The number of aliphatic hydroxyl groups is 1. The molecular formula is C40H43F3N8O6. The van der Waals surface area contributed by atoms with E-state index in [-0.39, 0.29) is 42.3 Å². The number of ether oxygens (including phenoxy) is 1. The number of nitrogens with one attached hydrogen (secondary N) is 2. The second-order valence-electron chi connectivity index (χ2n) is 15.9. The average molecular weight is 789 g/mol. The number of alkyl halides is 3. The molecule has 14 nitrogen and oxygen atoms in total. The molecule has 57 heavy (non-hydrogen) atoms. The van der Waals surface area contributed by atoms with Crippen LogP contribution in [-0.2, 0) is 28.4 Å². The van der Waals surface area contributed by atoms with Crippen LogP contribution in [-0.4, -0.2) is 77.4 Å². The van der Waals surface area contributed by atoms with Crippen molar-refractivity contribution in [3.05, 3.63) is 82.2 Å². The lowest BCUT2D eigenvalue weighted by Crippen LogP contribution is -2.55. The molecule has 3 aromatic heterocycles. The monoisotopic (exact) mass is 788 g/mol. The molecular weight excluding hydrogens is 745 g/mol. The summed E-state index contributed by atoms with van der Waals surface area (Å²) in [7, 11) is 1.66. The normalized spacial score (nSPS) is 21.1. The molecule has 0 spiro atoms. The lowest BCUT2D eigenvalue weighted by atomic mass is 9.85. The second-order valence-corrected chi connectivity index (χ2v) is 15.9. The van der Waals surface area contributed by atoms with Crippen LogP contribution in [0.4, 0.5) is 18.9 Å². The fraction of sp³-hybridized carbons (Fsp3) is 0.450. The zero-order valence-electron chi connectivity index (χ0n) is 31.7. The molecule has 2 saturated heterocycles. The number of anilines is 1. The van der Waals surface area contributed by atoms with Gasteiger partial charge in [-0.2, -0.15) is 18.3 Å². The highest BCUT2D eigenvalue weighted by Gasteiger charge is 2.36. The Labute approximate surface area is 324 Å². The van der Waals surface area contributed by atoms with E-state index in [0.29, 0.717) is 39.2 Å². The number of piperidine rings is 1. The number of halogens is 3. The van der Waals surface area contributed by atoms with Gasteiger partial charge in [-0.15, -0.1) is 0 Å². The van der Waals surface area contributed by atoms with Crippen LogP contribution in [0.5, 0.6) is 5.75 Å². The van der Waals surface area contributed by atoms with Crippen LogP contribution in [0.2, 0.25) is 0 Å². The fourth-order valence-corrected chi connectivity index (χ4v) is 8.40. The van der Waals surface area contributed by atoms with Gasteiger partial charge in [-0.3, -0.25) is 38.4 Å². The summed E-state index contributed by atoms with van der Waals surface area (Å²) in [5, 5.41) is 21.5. The Hall–Kier alpha value is -5.55. The number of para-hydroxylation sites is 1. The zero-order valence-corrected chi connectivity index (χ0v) is 31.7. The first-order valence-electron chi connectivity index (χ1n) is 19.1. The van der Waals surface area contributed by atoms with Gasteiger partial charge in [0.15, 0.2) is 0 Å². The largest absolute Gasteiger partial charge is 0.485 e. The van der Waals surface area contributed by atoms with Gasteiger partial charge in [-0.1, -0.05) is 12.1 Å². The highest BCUT2D eigenvalue weighted by molar-refractivity contribution is 6.04. The molecule has 2 aromatic carbocycles. The minimum absolute atomic E-state index is 0.0534. The van der Waals surface area contributed by atoms with Gasteiger partial charge in [0.1, 0.15) is 34.8 Å². The van der Waals surface area contributed by atoms with Crippen molar-refractivity contribution < 1.29 is 37.4 Å². The van der Waals surface area contributed by atoms with E-state index in [0.717, 1.165) is 57.5 Å². The lowest BCUT2D eigenvalue weighted by molar-refractivity contribution is -0.141. The minimum atomic E-state index is -4.70.